The highest BCUT2D eigenvalue weighted by molar-refractivity contribution is 8.27. The van der Waals surface area contributed by atoms with Gasteiger partial charge in [0.15, 0.2) is 4.32 Å². The smallest absolute Gasteiger partial charge is 0.270 e. The largest absolute Gasteiger partial charge is 0.494 e. The van der Waals surface area contributed by atoms with Gasteiger partial charge >= 0.3 is 0 Å². The van der Waals surface area contributed by atoms with Crippen molar-refractivity contribution in [2.45, 2.75) is 6.92 Å². The summed E-state index contributed by atoms with van der Waals surface area (Å²) in [5, 5.41) is 10.7. The first-order chi connectivity index (χ1) is 12.5. The van der Waals surface area contributed by atoms with Crippen LogP contribution in [0.3, 0.4) is 0 Å². The van der Waals surface area contributed by atoms with Crippen molar-refractivity contribution in [1.29, 1.82) is 0 Å². The summed E-state index contributed by atoms with van der Waals surface area (Å²) in [6, 6.07) is 13.1. The Morgan fingerprint density at radius 2 is 1.85 bits per heavy atom. The van der Waals surface area contributed by atoms with E-state index in [4.69, 9.17) is 17.0 Å². The Balaban J connectivity index is 1.82. The van der Waals surface area contributed by atoms with Crippen LogP contribution in [-0.2, 0) is 4.79 Å². The molecule has 1 saturated heterocycles. The molecule has 1 amide bonds. The number of carbonyl (C=O) groups is 1. The lowest BCUT2D eigenvalue weighted by Gasteiger charge is -2.15. The topological polar surface area (TPSA) is 72.7 Å². The van der Waals surface area contributed by atoms with Crippen molar-refractivity contribution in [2.75, 3.05) is 11.5 Å². The molecule has 1 heterocycles. The number of benzene rings is 2. The van der Waals surface area contributed by atoms with Gasteiger partial charge in [0.1, 0.15) is 5.75 Å². The fourth-order valence-electron chi connectivity index (χ4n) is 2.39. The average Bonchev–Trinajstić information content (AvgIpc) is 2.90. The number of thiocarbonyl (C=S) groups is 1. The van der Waals surface area contributed by atoms with Gasteiger partial charge in [-0.1, -0.05) is 24.0 Å². The Kier molecular flexibility index (Phi) is 5.34. The molecule has 0 radical (unpaired) electrons. The Bertz CT molecular complexity index is 892. The highest BCUT2D eigenvalue weighted by Crippen LogP contribution is 2.36. The maximum absolute atomic E-state index is 12.7. The molecule has 26 heavy (non-hydrogen) atoms. The van der Waals surface area contributed by atoms with Gasteiger partial charge in [0.2, 0.25) is 0 Å². The quantitative estimate of drug-likeness (QED) is 0.328. The van der Waals surface area contributed by atoms with E-state index in [0.717, 1.165) is 5.75 Å². The molecule has 0 N–H and O–H groups in total. The summed E-state index contributed by atoms with van der Waals surface area (Å²) in [5.74, 6) is 0.505. The molecule has 0 spiro atoms. The molecular formula is C18H14N2O4S2. The molecule has 0 bridgehead atoms. The molecule has 0 aromatic heterocycles. The van der Waals surface area contributed by atoms with Gasteiger partial charge in [-0.15, -0.1) is 0 Å². The summed E-state index contributed by atoms with van der Waals surface area (Å²) in [7, 11) is 0. The first-order valence-corrected chi connectivity index (χ1v) is 8.97. The van der Waals surface area contributed by atoms with E-state index in [2.05, 4.69) is 0 Å². The van der Waals surface area contributed by atoms with Gasteiger partial charge in [-0.2, -0.15) is 0 Å². The van der Waals surface area contributed by atoms with Crippen molar-refractivity contribution in [3.8, 4) is 5.75 Å². The molecule has 6 nitrogen and oxygen atoms in total. The Morgan fingerprint density at radius 1 is 1.19 bits per heavy atom. The lowest BCUT2D eigenvalue weighted by atomic mass is 10.2. The molecule has 2 aromatic rings. The van der Waals surface area contributed by atoms with Crippen LogP contribution in [-0.4, -0.2) is 21.8 Å². The molecule has 0 aliphatic carbocycles. The van der Waals surface area contributed by atoms with Crippen LogP contribution in [0.1, 0.15) is 12.5 Å². The molecule has 0 unspecified atom stereocenters. The fraction of sp³-hybridized carbons (Fsp3) is 0.111. The Labute approximate surface area is 159 Å². The number of nitro benzene ring substituents is 1. The highest BCUT2D eigenvalue weighted by atomic mass is 32.2. The summed E-state index contributed by atoms with van der Waals surface area (Å²) in [6.07, 6.45) is 1.68. The van der Waals surface area contributed by atoms with E-state index < -0.39 is 4.92 Å². The van der Waals surface area contributed by atoms with Gasteiger partial charge in [-0.05, 0) is 55.0 Å². The van der Waals surface area contributed by atoms with Crippen molar-refractivity contribution in [3.63, 3.8) is 0 Å². The second-order valence-electron chi connectivity index (χ2n) is 5.29. The van der Waals surface area contributed by atoms with E-state index in [9.17, 15) is 14.9 Å². The zero-order chi connectivity index (χ0) is 18.7. The third-order valence-electron chi connectivity index (χ3n) is 3.60. The summed E-state index contributed by atoms with van der Waals surface area (Å²) in [5.41, 5.74) is 1.37. The molecule has 132 valence electrons. The van der Waals surface area contributed by atoms with E-state index in [1.165, 1.54) is 28.8 Å². The lowest BCUT2D eigenvalue weighted by molar-refractivity contribution is -0.384. The van der Waals surface area contributed by atoms with Crippen LogP contribution in [0.15, 0.2) is 53.4 Å². The Hall–Kier alpha value is -2.71. The minimum atomic E-state index is -0.463. The predicted molar refractivity (Wildman–Crippen MR) is 106 cm³/mol. The maximum atomic E-state index is 12.7. The molecular weight excluding hydrogens is 372 g/mol. The van der Waals surface area contributed by atoms with Crippen molar-refractivity contribution in [1.82, 2.24) is 0 Å². The number of hydrogen-bond acceptors (Lipinski definition) is 6. The zero-order valence-corrected chi connectivity index (χ0v) is 15.4. The number of nitro groups is 1. The summed E-state index contributed by atoms with van der Waals surface area (Å²) in [4.78, 5) is 24.9. The van der Waals surface area contributed by atoms with Crippen LogP contribution in [0, 0.1) is 10.1 Å². The number of anilines is 1. The number of hydrogen-bond donors (Lipinski definition) is 0. The third kappa shape index (κ3) is 3.76. The van der Waals surface area contributed by atoms with E-state index in [1.807, 2.05) is 6.92 Å². The maximum Gasteiger partial charge on any atom is 0.270 e. The number of amides is 1. The molecule has 1 fully saturated rings. The number of carbonyl (C=O) groups excluding carboxylic acids is 1. The summed E-state index contributed by atoms with van der Waals surface area (Å²) in [6.45, 7) is 2.47. The fourth-order valence-corrected chi connectivity index (χ4v) is 3.69. The first kappa shape index (κ1) is 18.1. The second-order valence-corrected chi connectivity index (χ2v) is 6.97. The van der Waals surface area contributed by atoms with Crippen molar-refractivity contribution in [2.24, 2.45) is 0 Å². The van der Waals surface area contributed by atoms with Crippen molar-refractivity contribution >= 4 is 51.7 Å². The molecule has 0 atom stereocenters. The number of rotatable bonds is 5. The van der Waals surface area contributed by atoms with Crippen LogP contribution >= 0.6 is 24.0 Å². The third-order valence-corrected chi connectivity index (χ3v) is 4.90. The number of thioether (sulfide) groups is 1. The van der Waals surface area contributed by atoms with E-state index >= 15 is 0 Å². The predicted octanol–water partition coefficient (Wildman–Crippen LogP) is 4.40. The molecule has 1 aliphatic heterocycles. The van der Waals surface area contributed by atoms with E-state index in [0.29, 0.717) is 27.1 Å². The summed E-state index contributed by atoms with van der Waals surface area (Å²) >= 11 is 6.54. The first-order valence-electron chi connectivity index (χ1n) is 7.75. The van der Waals surface area contributed by atoms with Crippen LogP contribution in [0.5, 0.6) is 5.75 Å². The van der Waals surface area contributed by atoms with E-state index in [-0.39, 0.29) is 11.6 Å². The van der Waals surface area contributed by atoms with Crippen LogP contribution in [0.4, 0.5) is 11.4 Å². The second kappa shape index (κ2) is 7.67. The molecule has 0 saturated carbocycles. The van der Waals surface area contributed by atoms with Crippen molar-refractivity contribution < 1.29 is 14.5 Å². The number of non-ortho nitro benzene ring substituents is 1. The number of ether oxygens (including phenoxy) is 1. The monoisotopic (exact) mass is 386 g/mol. The SMILES string of the molecule is CCOc1ccc(N2C(=O)C(=Cc3ccc([N+](=O)[O-])cc3)SC2=S)cc1. The van der Waals surface area contributed by atoms with Gasteiger partial charge in [-0.25, -0.2) is 0 Å². The minimum absolute atomic E-state index is 0.00378. The minimum Gasteiger partial charge on any atom is -0.494 e. The van der Waals surface area contributed by atoms with E-state index in [1.54, 1.807) is 42.5 Å². The van der Waals surface area contributed by atoms with Gasteiger partial charge < -0.3 is 4.74 Å². The van der Waals surface area contributed by atoms with Gasteiger partial charge in [0.05, 0.1) is 22.1 Å². The van der Waals surface area contributed by atoms with Crippen LogP contribution in [0.25, 0.3) is 6.08 Å². The van der Waals surface area contributed by atoms with Crippen LogP contribution in [0.2, 0.25) is 0 Å². The van der Waals surface area contributed by atoms with Gasteiger partial charge in [0.25, 0.3) is 11.6 Å². The van der Waals surface area contributed by atoms with Gasteiger partial charge in [-0.3, -0.25) is 19.8 Å². The standard InChI is InChI=1S/C18H14N2O4S2/c1-2-24-15-9-7-13(8-10-15)19-17(21)16(26-18(19)25)11-12-3-5-14(6-4-12)20(22)23/h3-11H,2H2,1H3. The molecule has 2 aromatic carbocycles. The van der Waals surface area contributed by atoms with Crippen LogP contribution < -0.4 is 9.64 Å². The normalized spacial score (nSPS) is 15.6. The molecule has 3 rings (SSSR count). The molecule has 8 heteroatoms. The van der Waals surface area contributed by atoms with Gasteiger partial charge in [0, 0.05) is 12.1 Å². The average molecular weight is 386 g/mol. The molecule has 1 aliphatic rings. The Morgan fingerprint density at radius 3 is 2.42 bits per heavy atom. The number of nitrogens with zero attached hydrogens (tertiary/aromatic N) is 2. The summed E-state index contributed by atoms with van der Waals surface area (Å²) < 4.78 is 5.84. The zero-order valence-electron chi connectivity index (χ0n) is 13.7. The van der Waals surface area contributed by atoms with Crippen molar-refractivity contribution in [3.05, 3.63) is 69.1 Å². The lowest BCUT2D eigenvalue weighted by Crippen LogP contribution is -2.27. The highest BCUT2D eigenvalue weighted by Gasteiger charge is 2.33.